The van der Waals surface area contributed by atoms with Crippen molar-refractivity contribution >= 4 is 17.0 Å². The summed E-state index contributed by atoms with van der Waals surface area (Å²) in [5.41, 5.74) is 1.01. The number of carbonyl (C=O) groups is 1. The summed E-state index contributed by atoms with van der Waals surface area (Å²) >= 11 is 0. The molecule has 3 rings (SSSR count). The molecule has 0 aliphatic rings. The Hall–Kier alpha value is -3.16. The Kier molecular flexibility index (Phi) is 4.26. The second-order valence-electron chi connectivity index (χ2n) is 5.39. The van der Waals surface area contributed by atoms with Crippen LogP contribution in [0.25, 0.3) is 22.7 Å². The Bertz CT molecular complexity index is 1020. The number of para-hydroxylation sites is 2. The second kappa shape index (κ2) is 6.39. The van der Waals surface area contributed by atoms with E-state index < -0.39 is 11.5 Å². The maximum Gasteiger partial charge on any atom is 0.361 e. The van der Waals surface area contributed by atoms with Crippen LogP contribution in [0.5, 0.6) is 5.75 Å². The van der Waals surface area contributed by atoms with Crippen molar-refractivity contribution in [3.8, 4) is 17.4 Å². The molecule has 0 saturated heterocycles. The highest BCUT2D eigenvalue weighted by molar-refractivity contribution is 5.90. The lowest BCUT2D eigenvalue weighted by Gasteiger charge is -2.12. The van der Waals surface area contributed by atoms with Crippen LogP contribution in [0.2, 0.25) is 0 Å². The molecule has 1 aromatic carbocycles. The molecule has 8 heteroatoms. The molecular formula is C17H18N4O4. The van der Waals surface area contributed by atoms with Gasteiger partial charge in [0.05, 0.1) is 24.8 Å². The number of imidazole rings is 1. The van der Waals surface area contributed by atoms with Gasteiger partial charge < -0.3 is 14.0 Å². The quantitative estimate of drug-likeness (QED) is 0.668. The molecule has 3 aromatic rings. The molecule has 2 aromatic heterocycles. The van der Waals surface area contributed by atoms with Gasteiger partial charge in [0.15, 0.2) is 17.3 Å². The molecule has 0 unspecified atom stereocenters. The fourth-order valence-electron chi connectivity index (χ4n) is 2.65. The van der Waals surface area contributed by atoms with Gasteiger partial charge in [0.2, 0.25) is 5.75 Å². The zero-order valence-electron chi connectivity index (χ0n) is 14.4. The van der Waals surface area contributed by atoms with Gasteiger partial charge in [0.25, 0.3) is 5.56 Å². The number of benzene rings is 1. The summed E-state index contributed by atoms with van der Waals surface area (Å²) in [6.07, 6.45) is 0. The number of ether oxygens (including phenoxy) is 2. The highest BCUT2D eigenvalue weighted by Gasteiger charge is 2.25. The van der Waals surface area contributed by atoms with Gasteiger partial charge in [-0.05, 0) is 19.1 Å². The van der Waals surface area contributed by atoms with Crippen LogP contribution >= 0.6 is 0 Å². The summed E-state index contributed by atoms with van der Waals surface area (Å²) in [5.74, 6) is -0.137. The first-order chi connectivity index (χ1) is 12.0. The van der Waals surface area contributed by atoms with Gasteiger partial charge in [-0.15, -0.1) is 0 Å². The van der Waals surface area contributed by atoms with E-state index in [2.05, 4.69) is 9.97 Å². The number of fused-ring (bicyclic) bond motifs is 1. The standard InChI is InChI=1S/C17H18N4O4/c1-5-25-17(23)12-13(24-4)16(22)21(3)15(19-12)14-18-10-8-6-7-9-11(10)20(14)2/h6-9H,5H2,1-4H3. The van der Waals surface area contributed by atoms with Crippen LogP contribution in [0.1, 0.15) is 17.4 Å². The van der Waals surface area contributed by atoms with Crippen molar-refractivity contribution in [1.29, 1.82) is 0 Å². The molecule has 0 radical (unpaired) electrons. The summed E-state index contributed by atoms with van der Waals surface area (Å²) in [6.45, 7) is 1.85. The number of methoxy groups -OCH3 is 1. The van der Waals surface area contributed by atoms with Crippen molar-refractivity contribution in [2.24, 2.45) is 14.1 Å². The largest absolute Gasteiger partial charge is 0.489 e. The maximum absolute atomic E-state index is 12.6. The van der Waals surface area contributed by atoms with Crippen LogP contribution in [-0.2, 0) is 18.8 Å². The number of nitrogens with zero attached hydrogens (tertiary/aromatic N) is 4. The van der Waals surface area contributed by atoms with E-state index in [1.54, 1.807) is 14.0 Å². The first-order valence-electron chi connectivity index (χ1n) is 7.73. The van der Waals surface area contributed by atoms with Crippen LogP contribution in [0.4, 0.5) is 0 Å². The second-order valence-corrected chi connectivity index (χ2v) is 5.39. The van der Waals surface area contributed by atoms with Crippen LogP contribution in [-0.4, -0.2) is 38.8 Å². The van der Waals surface area contributed by atoms with E-state index in [1.807, 2.05) is 35.9 Å². The molecule has 0 saturated carbocycles. The molecule has 0 amide bonds. The van der Waals surface area contributed by atoms with Crippen LogP contribution in [0.3, 0.4) is 0 Å². The number of hydrogen-bond acceptors (Lipinski definition) is 6. The molecule has 0 fully saturated rings. The van der Waals surface area contributed by atoms with Gasteiger partial charge in [-0.25, -0.2) is 14.8 Å². The fraction of sp³-hybridized carbons (Fsp3) is 0.294. The molecule has 0 aliphatic carbocycles. The normalized spacial score (nSPS) is 10.9. The molecule has 0 N–H and O–H groups in total. The van der Waals surface area contributed by atoms with Crippen LogP contribution < -0.4 is 10.3 Å². The fourth-order valence-corrected chi connectivity index (χ4v) is 2.65. The molecular weight excluding hydrogens is 324 g/mol. The summed E-state index contributed by atoms with van der Waals surface area (Å²) in [6, 6.07) is 7.56. The van der Waals surface area contributed by atoms with E-state index in [-0.39, 0.29) is 23.9 Å². The third-order valence-corrected chi connectivity index (χ3v) is 3.91. The molecule has 25 heavy (non-hydrogen) atoms. The van der Waals surface area contributed by atoms with Gasteiger partial charge in [-0.3, -0.25) is 9.36 Å². The SMILES string of the molecule is CCOC(=O)c1nc(-c2nc3ccccc3n2C)n(C)c(=O)c1OC. The van der Waals surface area contributed by atoms with E-state index in [1.165, 1.54) is 11.7 Å². The molecule has 0 atom stereocenters. The third kappa shape index (κ3) is 2.65. The summed E-state index contributed by atoms with van der Waals surface area (Å²) in [7, 11) is 4.70. The Morgan fingerprint density at radius 3 is 2.44 bits per heavy atom. The van der Waals surface area contributed by atoms with Crippen molar-refractivity contribution in [3.63, 3.8) is 0 Å². The lowest BCUT2D eigenvalue weighted by atomic mass is 10.3. The number of esters is 1. The number of hydrogen-bond donors (Lipinski definition) is 0. The van der Waals surface area contributed by atoms with Gasteiger partial charge in [-0.1, -0.05) is 12.1 Å². The van der Waals surface area contributed by atoms with Crippen LogP contribution in [0.15, 0.2) is 29.1 Å². The number of rotatable bonds is 4. The number of carbonyl (C=O) groups excluding carboxylic acids is 1. The monoisotopic (exact) mass is 342 g/mol. The van der Waals surface area contributed by atoms with Crippen molar-refractivity contribution in [2.75, 3.05) is 13.7 Å². The minimum Gasteiger partial charge on any atom is -0.489 e. The molecule has 0 aliphatic heterocycles. The zero-order valence-corrected chi connectivity index (χ0v) is 14.4. The molecule has 0 spiro atoms. The summed E-state index contributed by atoms with van der Waals surface area (Å²) < 4.78 is 13.2. The number of aryl methyl sites for hydroxylation is 1. The van der Waals surface area contributed by atoms with E-state index in [0.717, 1.165) is 11.0 Å². The zero-order chi connectivity index (χ0) is 18.1. The predicted molar refractivity (Wildman–Crippen MR) is 91.7 cm³/mol. The number of aromatic nitrogens is 4. The maximum atomic E-state index is 12.6. The average molecular weight is 342 g/mol. The van der Waals surface area contributed by atoms with Gasteiger partial charge >= 0.3 is 5.97 Å². The van der Waals surface area contributed by atoms with E-state index in [4.69, 9.17) is 9.47 Å². The molecule has 8 nitrogen and oxygen atoms in total. The molecule has 2 heterocycles. The van der Waals surface area contributed by atoms with Crippen molar-refractivity contribution in [1.82, 2.24) is 19.1 Å². The topological polar surface area (TPSA) is 88.2 Å². The Balaban J connectivity index is 2.30. The molecule has 0 bridgehead atoms. The Morgan fingerprint density at radius 2 is 1.80 bits per heavy atom. The Morgan fingerprint density at radius 1 is 1.12 bits per heavy atom. The van der Waals surface area contributed by atoms with E-state index in [9.17, 15) is 9.59 Å². The van der Waals surface area contributed by atoms with Gasteiger partial charge in [-0.2, -0.15) is 0 Å². The summed E-state index contributed by atoms with van der Waals surface area (Å²) in [4.78, 5) is 33.7. The predicted octanol–water partition coefficient (Wildman–Crippen LogP) is 1.52. The first-order valence-corrected chi connectivity index (χ1v) is 7.73. The highest BCUT2D eigenvalue weighted by Crippen LogP contribution is 2.23. The minimum absolute atomic E-state index is 0.150. The lowest BCUT2D eigenvalue weighted by molar-refractivity contribution is 0.0514. The van der Waals surface area contributed by atoms with Gasteiger partial charge in [0.1, 0.15) is 0 Å². The van der Waals surface area contributed by atoms with Crippen molar-refractivity contribution < 1.29 is 14.3 Å². The summed E-state index contributed by atoms with van der Waals surface area (Å²) in [5, 5.41) is 0. The van der Waals surface area contributed by atoms with Crippen molar-refractivity contribution in [2.45, 2.75) is 6.92 Å². The average Bonchev–Trinajstić information content (AvgIpc) is 2.94. The van der Waals surface area contributed by atoms with Gasteiger partial charge in [0, 0.05) is 14.1 Å². The first kappa shape index (κ1) is 16.7. The molecule has 130 valence electrons. The third-order valence-electron chi connectivity index (χ3n) is 3.91. The van der Waals surface area contributed by atoms with E-state index >= 15 is 0 Å². The smallest absolute Gasteiger partial charge is 0.361 e. The Labute approximate surface area is 143 Å². The lowest BCUT2D eigenvalue weighted by Crippen LogP contribution is -2.26. The van der Waals surface area contributed by atoms with Crippen molar-refractivity contribution in [3.05, 3.63) is 40.3 Å². The minimum atomic E-state index is -0.711. The highest BCUT2D eigenvalue weighted by atomic mass is 16.5. The van der Waals surface area contributed by atoms with E-state index in [0.29, 0.717) is 5.82 Å². The van der Waals surface area contributed by atoms with Crippen LogP contribution in [0, 0.1) is 0 Å².